The van der Waals surface area contributed by atoms with E-state index in [9.17, 15) is 5.11 Å². The number of ether oxygens (including phenoxy) is 1. The van der Waals surface area contributed by atoms with E-state index in [0.717, 1.165) is 27.8 Å². The zero-order valence-electron chi connectivity index (χ0n) is 9.84. The monoisotopic (exact) mass is 307 g/mol. The molecule has 1 aromatic carbocycles. The van der Waals surface area contributed by atoms with Crippen LogP contribution in [0.15, 0.2) is 47.2 Å². The maximum absolute atomic E-state index is 9.25. The quantitative estimate of drug-likeness (QED) is 0.923. The van der Waals surface area contributed by atoms with Crippen LogP contribution in [0.2, 0.25) is 0 Å². The molecule has 0 aliphatic rings. The molecule has 0 bridgehead atoms. The van der Waals surface area contributed by atoms with Gasteiger partial charge in [0, 0.05) is 28.9 Å². The fraction of sp³-hybridized carbons (Fsp3) is 0.214. The summed E-state index contributed by atoms with van der Waals surface area (Å²) in [6.07, 6.45) is 4.38. The minimum Gasteiger partial charge on any atom is -0.493 e. The maximum Gasteiger partial charge on any atom is 0.124 e. The molecule has 1 heterocycles. The molecule has 0 unspecified atom stereocenters. The Labute approximate surface area is 115 Å². The molecule has 0 saturated carbocycles. The molecule has 4 heteroatoms. The second-order valence-electron chi connectivity index (χ2n) is 3.87. The van der Waals surface area contributed by atoms with Gasteiger partial charge in [-0.05, 0) is 29.8 Å². The number of hydrogen-bond donors (Lipinski definition) is 1. The maximum atomic E-state index is 9.25. The Morgan fingerprint density at radius 2 is 2.17 bits per heavy atom. The number of halogens is 1. The third kappa shape index (κ3) is 3.55. The van der Waals surface area contributed by atoms with E-state index in [4.69, 9.17) is 4.74 Å². The van der Waals surface area contributed by atoms with Crippen LogP contribution in [0.4, 0.5) is 0 Å². The summed E-state index contributed by atoms with van der Waals surface area (Å²) in [5, 5.41) is 9.25. The Morgan fingerprint density at radius 1 is 1.28 bits per heavy atom. The molecule has 0 aliphatic carbocycles. The summed E-state index contributed by atoms with van der Waals surface area (Å²) in [5.74, 6) is 0.726. The Hall–Kier alpha value is -1.39. The van der Waals surface area contributed by atoms with E-state index in [1.165, 1.54) is 0 Å². The summed E-state index contributed by atoms with van der Waals surface area (Å²) in [6, 6.07) is 9.55. The van der Waals surface area contributed by atoms with Crippen LogP contribution in [0.5, 0.6) is 5.75 Å². The van der Waals surface area contributed by atoms with Crippen molar-refractivity contribution in [1.29, 1.82) is 0 Å². The lowest BCUT2D eigenvalue weighted by atomic mass is 10.2. The number of benzene rings is 1. The molecule has 1 N–H and O–H groups in total. The van der Waals surface area contributed by atoms with Crippen LogP contribution in [-0.2, 0) is 13.0 Å². The van der Waals surface area contributed by atoms with Gasteiger partial charge in [-0.25, -0.2) is 0 Å². The summed E-state index contributed by atoms with van der Waals surface area (Å²) < 4.78 is 6.61. The van der Waals surface area contributed by atoms with E-state index >= 15 is 0 Å². The van der Waals surface area contributed by atoms with Gasteiger partial charge in [0.2, 0.25) is 0 Å². The minimum atomic E-state index is -0.0261. The Kier molecular flexibility index (Phi) is 4.73. The summed E-state index contributed by atoms with van der Waals surface area (Å²) >= 11 is 3.37. The molecule has 0 amide bonds. The minimum absolute atomic E-state index is 0.0261. The number of nitrogens with zero attached hydrogens (tertiary/aromatic N) is 1. The molecule has 1 aromatic heterocycles. The SMILES string of the molecule is OCc1cc(Br)ccc1OCCc1cccnc1. The predicted molar refractivity (Wildman–Crippen MR) is 73.5 cm³/mol. The fourth-order valence-corrected chi connectivity index (χ4v) is 2.05. The molecule has 0 aliphatic heterocycles. The van der Waals surface area contributed by atoms with Crippen LogP contribution >= 0.6 is 15.9 Å². The smallest absolute Gasteiger partial charge is 0.124 e. The number of aliphatic hydroxyl groups excluding tert-OH is 1. The summed E-state index contributed by atoms with van der Waals surface area (Å²) in [4.78, 5) is 4.05. The highest BCUT2D eigenvalue weighted by Crippen LogP contribution is 2.23. The van der Waals surface area contributed by atoms with Crippen molar-refractivity contribution < 1.29 is 9.84 Å². The molecule has 0 fully saturated rings. The van der Waals surface area contributed by atoms with Crippen molar-refractivity contribution in [3.8, 4) is 5.75 Å². The van der Waals surface area contributed by atoms with E-state index < -0.39 is 0 Å². The van der Waals surface area contributed by atoms with E-state index in [0.29, 0.717) is 6.61 Å². The van der Waals surface area contributed by atoms with E-state index in [1.54, 1.807) is 6.20 Å². The molecular formula is C14H14BrNO2. The van der Waals surface area contributed by atoms with Crippen LogP contribution in [0.3, 0.4) is 0 Å². The first-order valence-electron chi connectivity index (χ1n) is 5.70. The molecular weight excluding hydrogens is 294 g/mol. The van der Waals surface area contributed by atoms with Gasteiger partial charge in [0.1, 0.15) is 5.75 Å². The lowest BCUT2D eigenvalue weighted by Crippen LogP contribution is -2.03. The molecule has 2 rings (SSSR count). The number of rotatable bonds is 5. The number of aliphatic hydroxyl groups is 1. The second kappa shape index (κ2) is 6.52. The average molecular weight is 308 g/mol. The van der Waals surface area contributed by atoms with Crippen molar-refractivity contribution >= 4 is 15.9 Å². The first kappa shape index (κ1) is 13.1. The molecule has 94 valence electrons. The van der Waals surface area contributed by atoms with E-state index in [-0.39, 0.29) is 6.61 Å². The van der Waals surface area contributed by atoms with Gasteiger partial charge in [-0.1, -0.05) is 22.0 Å². The van der Waals surface area contributed by atoms with Crippen molar-refractivity contribution in [2.24, 2.45) is 0 Å². The van der Waals surface area contributed by atoms with Gasteiger partial charge in [0.25, 0.3) is 0 Å². The van der Waals surface area contributed by atoms with Crippen LogP contribution in [0.25, 0.3) is 0 Å². The van der Waals surface area contributed by atoms with Gasteiger partial charge in [0.05, 0.1) is 13.2 Å². The third-order valence-corrected chi connectivity index (χ3v) is 3.06. The van der Waals surface area contributed by atoms with E-state index in [2.05, 4.69) is 20.9 Å². The zero-order chi connectivity index (χ0) is 12.8. The standard InChI is InChI=1S/C14H14BrNO2/c15-13-3-4-14(12(8-13)10-17)18-7-5-11-2-1-6-16-9-11/h1-4,6,8-9,17H,5,7,10H2. The highest BCUT2D eigenvalue weighted by atomic mass is 79.9. The van der Waals surface area contributed by atoms with Crippen molar-refractivity contribution in [3.63, 3.8) is 0 Å². The lowest BCUT2D eigenvalue weighted by Gasteiger charge is -2.10. The topological polar surface area (TPSA) is 42.4 Å². The van der Waals surface area contributed by atoms with Gasteiger partial charge >= 0.3 is 0 Å². The molecule has 18 heavy (non-hydrogen) atoms. The first-order valence-corrected chi connectivity index (χ1v) is 6.50. The summed E-state index contributed by atoms with van der Waals surface area (Å²) in [7, 11) is 0. The number of hydrogen-bond acceptors (Lipinski definition) is 3. The van der Waals surface area contributed by atoms with Crippen molar-refractivity contribution in [1.82, 2.24) is 4.98 Å². The molecule has 2 aromatic rings. The van der Waals surface area contributed by atoms with Crippen LogP contribution in [0, 0.1) is 0 Å². The van der Waals surface area contributed by atoms with Crippen LogP contribution in [0.1, 0.15) is 11.1 Å². The molecule has 3 nitrogen and oxygen atoms in total. The molecule has 0 atom stereocenters. The Bertz CT molecular complexity index is 502. The molecule has 0 spiro atoms. The third-order valence-electron chi connectivity index (χ3n) is 2.56. The van der Waals surface area contributed by atoms with Crippen molar-refractivity contribution in [3.05, 3.63) is 58.3 Å². The molecule has 0 saturated heterocycles. The van der Waals surface area contributed by atoms with E-state index in [1.807, 2.05) is 36.5 Å². The largest absolute Gasteiger partial charge is 0.493 e. The zero-order valence-corrected chi connectivity index (χ0v) is 11.4. The van der Waals surface area contributed by atoms with Gasteiger partial charge in [-0.3, -0.25) is 4.98 Å². The van der Waals surface area contributed by atoms with Gasteiger partial charge in [0.15, 0.2) is 0 Å². The lowest BCUT2D eigenvalue weighted by molar-refractivity contribution is 0.263. The van der Waals surface area contributed by atoms with Crippen LogP contribution < -0.4 is 4.74 Å². The summed E-state index contributed by atoms with van der Waals surface area (Å²) in [6.45, 7) is 0.544. The molecule has 0 radical (unpaired) electrons. The Morgan fingerprint density at radius 3 is 2.89 bits per heavy atom. The van der Waals surface area contributed by atoms with Gasteiger partial charge < -0.3 is 9.84 Å². The number of aromatic nitrogens is 1. The summed E-state index contributed by atoms with van der Waals surface area (Å²) in [5.41, 5.74) is 1.93. The highest BCUT2D eigenvalue weighted by molar-refractivity contribution is 9.10. The first-order chi connectivity index (χ1) is 8.79. The predicted octanol–water partition coefficient (Wildman–Crippen LogP) is 2.96. The van der Waals surface area contributed by atoms with Crippen molar-refractivity contribution in [2.75, 3.05) is 6.61 Å². The fourth-order valence-electron chi connectivity index (χ4n) is 1.64. The van der Waals surface area contributed by atoms with Gasteiger partial charge in [-0.2, -0.15) is 0 Å². The van der Waals surface area contributed by atoms with Crippen molar-refractivity contribution in [2.45, 2.75) is 13.0 Å². The number of pyridine rings is 1. The Balaban J connectivity index is 1.94. The average Bonchev–Trinajstić information content (AvgIpc) is 2.41. The normalized spacial score (nSPS) is 10.3. The highest BCUT2D eigenvalue weighted by Gasteiger charge is 2.03. The van der Waals surface area contributed by atoms with Gasteiger partial charge in [-0.15, -0.1) is 0 Å². The van der Waals surface area contributed by atoms with Crippen LogP contribution in [-0.4, -0.2) is 16.7 Å². The second-order valence-corrected chi connectivity index (χ2v) is 4.79.